The van der Waals surface area contributed by atoms with E-state index in [4.69, 9.17) is 0 Å². The molecule has 0 bridgehead atoms. The van der Waals surface area contributed by atoms with Crippen LogP contribution in [0.2, 0.25) is 0 Å². The molecule has 2 rings (SSSR count). The summed E-state index contributed by atoms with van der Waals surface area (Å²) in [5.41, 5.74) is 0. The molecule has 0 saturated carbocycles. The van der Waals surface area contributed by atoms with Crippen molar-refractivity contribution in [3.63, 3.8) is 0 Å². The minimum atomic E-state index is 0.696. The molecule has 17 heavy (non-hydrogen) atoms. The molecule has 0 N–H and O–H groups in total. The highest BCUT2D eigenvalue weighted by Crippen LogP contribution is 2.11. The van der Waals surface area contributed by atoms with Crippen molar-refractivity contribution in [1.82, 2.24) is 25.1 Å². The fourth-order valence-corrected chi connectivity index (χ4v) is 2.21. The number of tetrazole rings is 1. The monoisotopic (exact) mass is 237 g/mol. The van der Waals surface area contributed by atoms with Gasteiger partial charge in [0.15, 0.2) is 5.82 Å². The Balaban J connectivity index is 1.88. The highest BCUT2D eigenvalue weighted by atomic mass is 15.5. The van der Waals surface area contributed by atoms with Gasteiger partial charge in [0.2, 0.25) is 0 Å². The summed E-state index contributed by atoms with van der Waals surface area (Å²) in [4.78, 5) is 2.46. The molecule has 1 aromatic rings. The van der Waals surface area contributed by atoms with Crippen molar-refractivity contribution >= 4 is 0 Å². The van der Waals surface area contributed by atoms with Gasteiger partial charge in [0.25, 0.3) is 0 Å². The van der Waals surface area contributed by atoms with Crippen LogP contribution in [0, 0.1) is 5.92 Å². The van der Waals surface area contributed by atoms with Gasteiger partial charge in [-0.1, -0.05) is 20.3 Å². The van der Waals surface area contributed by atoms with E-state index in [0.29, 0.717) is 5.92 Å². The Labute approximate surface area is 103 Å². The molecule has 0 aromatic carbocycles. The van der Waals surface area contributed by atoms with Gasteiger partial charge in [0.1, 0.15) is 0 Å². The first kappa shape index (κ1) is 12.5. The lowest BCUT2D eigenvalue weighted by molar-refractivity contribution is 0.211. The SMILES string of the molecule is CC(C)CCn1nnnc1CN1CCCCC1. The van der Waals surface area contributed by atoms with E-state index < -0.39 is 0 Å². The van der Waals surface area contributed by atoms with E-state index in [1.165, 1.54) is 32.4 Å². The normalized spacial score (nSPS) is 17.8. The van der Waals surface area contributed by atoms with Gasteiger partial charge >= 0.3 is 0 Å². The molecular formula is C12H23N5. The average molecular weight is 237 g/mol. The second-order valence-corrected chi connectivity index (χ2v) is 5.34. The summed E-state index contributed by atoms with van der Waals surface area (Å²) in [7, 11) is 0. The molecule has 0 unspecified atom stereocenters. The molecule has 1 aliphatic heterocycles. The van der Waals surface area contributed by atoms with E-state index in [9.17, 15) is 0 Å². The maximum Gasteiger partial charge on any atom is 0.165 e. The van der Waals surface area contributed by atoms with Gasteiger partial charge < -0.3 is 0 Å². The number of hydrogen-bond acceptors (Lipinski definition) is 4. The topological polar surface area (TPSA) is 46.8 Å². The van der Waals surface area contributed by atoms with Crippen LogP contribution in [-0.4, -0.2) is 38.2 Å². The smallest absolute Gasteiger partial charge is 0.165 e. The fraction of sp³-hybridized carbons (Fsp3) is 0.917. The maximum absolute atomic E-state index is 4.15. The van der Waals surface area contributed by atoms with Crippen molar-refractivity contribution in [2.45, 2.75) is 52.6 Å². The predicted octanol–water partition coefficient (Wildman–Crippen LogP) is 1.71. The summed E-state index contributed by atoms with van der Waals surface area (Å²) >= 11 is 0. The standard InChI is InChI=1S/C12H23N5/c1-11(2)6-9-17-12(13-14-15-17)10-16-7-4-3-5-8-16/h11H,3-10H2,1-2H3. The molecule has 1 aliphatic rings. The summed E-state index contributed by atoms with van der Waals surface area (Å²) in [6.07, 6.45) is 5.13. The molecule has 0 amide bonds. The third kappa shape index (κ3) is 3.77. The van der Waals surface area contributed by atoms with E-state index in [0.717, 1.165) is 25.3 Å². The van der Waals surface area contributed by atoms with Gasteiger partial charge in [0, 0.05) is 6.54 Å². The molecule has 96 valence electrons. The van der Waals surface area contributed by atoms with E-state index in [1.807, 2.05) is 4.68 Å². The van der Waals surface area contributed by atoms with Crippen molar-refractivity contribution in [3.8, 4) is 0 Å². The number of piperidine rings is 1. The van der Waals surface area contributed by atoms with Gasteiger partial charge in [-0.25, -0.2) is 4.68 Å². The number of hydrogen-bond donors (Lipinski definition) is 0. The van der Waals surface area contributed by atoms with Crippen LogP contribution in [0.3, 0.4) is 0 Å². The zero-order valence-corrected chi connectivity index (χ0v) is 11.0. The maximum atomic E-state index is 4.15. The molecule has 0 spiro atoms. The molecule has 5 nitrogen and oxygen atoms in total. The number of aromatic nitrogens is 4. The number of likely N-dealkylation sites (tertiary alicyclic amines) is 1. The average Bonchev–Trinajstić information content (AvgIpc) is 2.75. The summed E-state index contributed by atoms with van der Waals surface area (Å²) in [5, 5.41) is 12.0. The zero-order chi connectivity index (χ0) is 12.1. The number of nitrogens with zero attached hydrogens (tertiary/aromatic N) is 5. The summed E-state index contributed by atoms with van der Waals surface area (Å²) in [5.74, 6) is 1.72. The van der Waals surface area contributed by atoms with Gasteiger partial charge in [-0.15, -0.1) is 5.10 Å². The van der Waals surface area contributed by atoms with Crippen LogP contribution in [0.1, 0.15) is 45.4 Å². The Kier molecular flexibility index (Phi) is 4.48. The Morgan fingerprint density at radius 3 is 2.65 bits per heavy atom. The van der Waals surface area contributed by atoms with Crippen LogP contribution in [0.15, 0.2) is 0 Å². The third-order valence-electron chi connectivity index (χ3n) is 3.34. The van der Waals surface area contributed by atoms with Crippen molar-refractivity contribution in [2.24, 2.45) is 5.92 Å². The lowest BCUT2D eigenvalue weighted by Crippen LogP contribution is -2.30. The molecule has 5 heteroatoms. The minimum Gasteiger partial charge on any atom is -0.296 e. The Morgan fingerprint density at radius 2 is 1.94 bits per heavy atom. The van der Waals surface area contributed by atoms with Crippen LogP contribution in [-0.2, 0) is 13.1 Å². The number of aryl methyl sites for hydroxylation is 1. The van der Waals surface area contributed by atoms with Crippen LogP contribution in [0.25, 0.3) is 0 Å². The Bertz CT molecular complexity index is 327. The zero-order valence-electron chi connectivity index (χ0n) is 11.0. The summed E-state index contributed by atoms with van der Waals surface area (Å²) in [6, 6.07) is 0. The predicted molar refractivity (Wildman–Crippen MR) is 66.4 cm³/mol. The van der Waals surface area contributed by atoms with Crippen LogP contribution >= 0.6 is 0 Å². The van der Waals surface area contributed by atoms with Gasteiger partial charge in [-0.2, -0.15) is 0 Å². The molecule has 1 aromatic heterocycles. The second kappa shape index (κ2) is 6.10. The lowest BCUT2D eigenvalue weighted by Gasteiger charge is -2.25. The van der Waals surface area contributed by atoms with Crippen molar-refractivity contribution in [3.05, 3.63) is 5.82 Å². The number of rotatable bonds is 5. The lowest BCUT2D eigenvalue weighted by atomic mass is 10.1. The molecular weight excluding hydrogens is 214 g/mol. The summed E-state index contributed by atoms with van der Waals surface area (Å²) < 4.78 is 1.97. The molecule has 1 saturated heterocycles. The quantitative estimate of drug-likeness (QED) is 0.782. The Morgan fingerprint density at radius 1 is 1.18 bits per heavy atom. The Hall–Kier alpha value is -0.970. The van der Waals surface area contributed by atoms with E-state index >= 15 is 0 Å². The van der Waals surface area contributed by atoms with E-state index in [1.54, 1.807) is 0 Å². The summed E-state index contributed by atoms with van der Waals surface area (Å²) in [6.45, 7) is 8.69. The minimum absolute atomic E-state index is 0.696. The highest BCUT2D eigenvalue weighted by Gasteiger charge is 2.14. The van der Waals surface area contributed by atoms with Crippen LogP contribution in [0.5, 0.6) is 0 Å². The van der Waals surface area contributed by atoms with Gasteiger partial charge in [0.05, 0.1) is 6.54 Å². The fourth-order valence-electron chi connectivity index (χ4n) is 2.21. The van der Waals surface area contributed by atoms with Crippen LogP contribution < -0.4 is 0 Å². The molecule has 0 radical (unpaired) electrons. The first-order valence-corrected chi connectivity index (χ1v) is 6.73. The van der Waals surface area contributed by atoms with E-state index in [-0.39, 0.29) is 0 Å². The second-order valence-electron chi connectivity index (χ2n) is 5.34. The van der Waals surface area contributed by atoms with Crippen LogP contribution in [0.4, 0.5) is 0 Å². The van der Waals surface area contributed by atoms with Crippen molar-refractivity contribution < 1.29 is 0 Å². The molecule has 2 heterocycles. The van der Waals surface area contributed by atoms with E-state index in [2.05, 4.69) is 34.3 Å². The molecule has 0 aliphatic carbocycles. The first-order valence-electron chi connectivity index (χ1n) is 6.73. The first-order chi connectivity index (χ1) is 8.25. The van der Waals surface area contributed by atoms with Gasteiger partial charge in [-0.05, 0) is 48.7 Å². The van der Waals surface area contributed by atoms with Gasteiger partial charge in [-0.3, -0.25) is 4.90 Å². The largest absolute Gasteiger partial charge is 0.296 e. The molecule has 1 fully saturated rings. The highest BCUT2D eigenvalue weighted by molar-refractivity contribution is 4.82. The van der Waals surface area contributed by atoms with Crippen molar-refractivity contribution in [2.75, 3.05) is 13.1 Å². The third-order valence-corrected chi connectivity index (χ3v) is 3.34. The molecule has 0 atom stereocenters. The van der Waals surface area contributed by atoms with Crippen molar-refractivity contribution in [1.29, 1.82) is 0 Å².